The summed E-state index contributed by atoms with van der Waals surface area (Å²) in [5.74, 6) is -4.69. The van der Waals surface area contributed by atoms with Crippen LogP contribution in [0.25, 0.3) is 0 Å². The SMILES string of the molecule is C[C@H](NC(=O)[C@H](C)NC(=O)[C@@H](N)CS)C(=O)N[C@@H](CS)C(=O)N[C@H](CCCCN)C(=O)N[C@@H](Cc1ccccc1)C(=O)O. The molecule has 0 saturated carbocycles. The van der Waals surface area contributed by atoms with Crippen LogP contribution in [-0.2, 0) is 35.2 Å². The third-order valence-electron chi connectivity index (χ3n) is 6.33. The second-order valence-electron chi connectivity index (χ2n) is 9.93. The lowest BCUT2D eigenvalue weighted by Crippen LogP contribution is -2.59. The van der Waals surface area contributed by atoms with Crippen molar-refractivity contribution in [2.45, 2.75) is 75.8 Å². The summed E-state index contributed by atoms with van der Waals surface area (Å²) >= 11 is 8.07. The van der Waals surface area contributed by atoms with Crippen molar-refractivity contribution in [3.8, 4) is 0 Å². The fourth-order valence-corrected chi connectivity index (χ4v) is 4.14. The summed E-state index contributed by atoms with van der Waals surface area (Å²) < 4.78 is 0. The largest absolute Gasteiger partial charge is 0.480 e. The van der Waals surface area contributed by atoms with E-state index in [-0.39, 0.29) is 24.3 Å². The molecule has 43 heavy (non-hydrogen) atoms. The molecule has 1 rings (SSSR count). The molecule has 0 spiro atoms. The number of carbonyl (C=O) groups is 6. The van der Waals surface area contributed by atoms with Crippen molar-refractivity contribution >= 4 is 60.8 Å². The Kier molecular flexibility index (Phi) is 17.3. The number of thiol groups is 2. The first kappa shape index (κ1) is 37.7. The third-order valence-corrected chi connectivity index (χ3v) is 7.09. The third kappa shape index (κ3) is 13.7. The molecule has 0 aliphatic rings. The number of hydrogen-bond donors (Lipinski definition) is 10. The number of amides is 5. The summed E-state index contributed by atoms with van der Waals surface area (Å²) in [4.78, 5) is 75.2. The van der Waals surface area contributed by atoms with Crippen molar-refractivity contribution in [1.29, 1.82) is 0 Å². The lowest BCUT2D eigenvalue weighted by Gasteiger charge is -2.25. The second kappa shape index (κ2) is 19.8. The molecule has 240 valence electrons. The summed E-state index contributed by atoms with van der Waals surface area (Å²) in [5, 5.41) is 22.1. The van der Waals surface area contributed by atoms with Crippen molar-refractivity contribution in [3.63, 3.8) is 0 Å². The molecule has 0 fully saturated rings. The summed E-state index contributed by atoms with van der Waals surface area (Å²) in [6, 6.07) is 2.22. The number of hydrogen-bond acceptors (Lipinski definition) is 10. The fourth-order valence-electron chi connectivity index (χ4n) is 3.72. The van der Waals surface area contributed by atoms with Gasteiger partial charge in [-0.2, -0.15) is 25.3 Å². The average molecular weight is 642 g/mol. The maximum Gasteiger partial charge on any atom is 0.326 e. The number of rotatable bonds is 19. The van der Waals surface area contributed by atoms with Gasteiger partial charge in [-0.25, -0.2) is 4.79 Å². The van der Waals surface area contributed by atoms with E-state index in [1.165, 1.54) is 13.8 Å². The van der Waals surface area contributed by atoms with E-state index in [0.29, 0.717) is 24.9 Å². The molecule has 6 atom stereocenters. The first-order chi connectivity index (χ1) is 20.3. The van der Waals surface area contributed by atoms with Crippen LogP contribution in [0.1, 0.15) is 38.7 Å². The number of nitrogens with one attached hydrogen (secondary N) is 5. The molecular formula is C27H43N7O7S2. The van der Waals surface area contributed by atoms with Crippen molar-refractivity contribution in [1.82, 2.24) is 26.6 Å². The smallest absolute Gasteiger partial charge is 0.326 e. The van der Waals surface area contributed by atoms with Gasteiger partial charge < -0.3 is 43.2 Å². The van der Waals surface area contributed by atoms with E-state index in [0.717, 1.165) is 0 Å². The van der Waals surface area contributed by atoms with Gasteiger partial charge in [0.2, 0.25) is 29.5 Å². The Labute approximate surface area is 262 Å². The van der Waals surface area contributed by atoms with Crippen LogP contribution in [0, 0.1) is 0 Å². The van der Waals surface area contributed by atoms with Gasteiger partial charge in [0.25, 0.3) is 0 Å². The molecule has 16 heteroatoms. The molecule has 0 aliphatic heterocycles. The van der Waals surface area contributed by atoms with Gasteiger partial charge in [-0.1, -0.05) is 30.3 Å². The lowest BCUT2D eigenvalue weighted by molar-refractivity contribution is -0.142. The van der Waals surface area contributed by atoms with Crippen molar-refractivity contribution in [2.75, 3.05) is 18.1 Å². The Morgan fingerprint density at radius 1 is 0.721 bits per heavy atom. The number of benzene rings is 1. The predicted octanol–water partition coefficient (Wildman–Crippen LogP) is -1.91. The molecule has 0 saturated heterocycles. The summed E-state index contributed by atoms with van der Waals surface area (Å²) in [7, 11) is 0. The van der Waals surface area contributed by atoms with E-state index in [1.807, 2.05) is 0 Å². The zero-order chi connectivity index (χ0) is 32.5. The maximum absolute atomic E-state index is 13.1. The lowest BCUT2D eigenvalue weighted by atomic mass is 10.0. The van der Waals surface area contributed by atoms with Gasteiger partial charge in [0.1, 0.15) is 30.2 Å². The van der Waals surface area contributed by atoms with Gasteiger partial charge in [-0.3, -0.25) is 24.0 Å². The molecule has 1 aromatic rings. The minimum absolute atomic E-state index is 0.0363. The predicted molar refractivity (Wildman–Crippen MR) is 167 cm³/mol. The molecule has 0 aliphatic carbocycles. The molecule has 14 nitrogen and oxygen atoms in total. The highest BCUT2D eigenvalue weighted by atomic mass is 32.1. The Morgan fingerprint density at radius 3 is 1.77 bits per heavy atom. The van der Waals surface area contributed by atoms with Crippen LogP contribution in [-0.4, -0.2) is 94.9 Å². The highest BCUT2D eigenvalue weighted by Gasteiger charge is 2.30. The van der Waals surface area contributed by atoms with Gasteiger partial charge in [0, 0.05) is 17.9 Å². The van der Waals surface area contributed by atoms with Crippen LogP contribution in [0.2, 0.25) is 0 Å². The Bertz CT molecular complexity index is 1100. The topological polar surface area (TPSA) is 235 Å². The summed E-state index contributed by atoms with van der Waals surface area (Å²) in [5.41, 5.74) is 11.9. The molecule has 1 aromatic carbocycles. The van der Waals surface area contributed by atoms with Crippen LogP contribution in [0.3, 0.4) is 0 Å². The molecule has 5 amide bonds. The monoisotopic (exact) mass is 641 g/mol. The number of nitrogens with two attached hydrogens (primary N) is 2. The van der Waals surface area contributed by atoms with Crippen LogP contribution in [0.5, 0.6) is 0 Å². The number of carboxylic acids is 1. The minimum Gasteiger partial charge on any atom is -0.480 e. The molecule has 0 unspecified atom stereocenters. The number of carbonyl (C=O) groups excluding carboxylic acids is 5. The normalized spacial score (nSPS) is 15.0. The van der Waals surface area contributed by atoms with Crippen molar-refractivity contribution in [3.05, 3.63) is 35.9 Å². The summed E-state index contributed by atoms with van der Waals surface area (Å²) in [6.45, 7) is 3.16. The fraction of sp³-hybridized carbons (Fsp3) is 0.556. The zero-order valence-corrected chi connectivity index (χ0v) is 26.0. The zero-order valence-electron chi connectivity index (χ0n) is 24.2. The van der Waals surface area contributed by atoms with E-state index in [1.54, 1.807) is 30.3 Å². The van der Waals surface area contributed by atoms with Gasteiger partial charge in [-0.15, -0.1) is 0 Å². The highest BCUT2D eigenvalue weighted by Crippen LogP contribution is 2.07. The van der Waals surface area contributed by atoms with Crippen molar-refractivity contribution < 1.29 is 33.9 Å². The second-order valence-corrected chi connectivity index (χ2v) is 10.7. The molecule has 0 bridgehead atoms. The Balaban J connectivity index is 2.86. The van der Waals surface area contributed by atoms with E-state index >= 15 is 0 Å². The number of aliphatic carboxylic acids is 1. The molecule has 0 radical (unpaired) electrons. The van der Waals surface area contributed by atoms with Crippen LogP contribution >= 0.6 is 25.3 Å². The van der Waals surface area contributed by atoms with E-state index < -0.39 is 71.8 Å². The Hall–Kier alpha value is -3.34. The standard InChI is InChI=1S/C27H43N7O7S2/c1-15(31-24(37)18(29)13-42)22(35)30-16(2)23(36)34-21(14-43)26(39)32-19(10-6-7-11-28)25(38)33-20(27(40)41)12-17-8-4-3-5-9-17/h3-5,8-9,15-16,18-21,42-43H,6-7,10-14,28-29H2,1-2H3,(H,30,35)(H,31,37)(H,32,39)(H,33,38)(H,34,36)(H,40,41)/t15-,16-,18-,19+,20-,21-/m0/s1. The first-order valence-corrected chi connectivity index (χ1v) is 15.1. The minimum atomic E-state index is -1.24. The van der Waals surface area contributed by atoms with Gasteiger partial charge in [-0.05, 0) is 45.2 Å². The van der Waals surface area contributed by atoms with Gasteiger partial charge in [0.05, 0.1) is 6.04 Å². The van der Waals surface area contributed by atoms with Crippen molar-refractivity contribution in [2.24, 2.45) is 11.5 Å². The van der Waals surface area contributed by atoms with E-state index in [9.17, 15) is 33.9 Å². The molecular weight excluding hydrogens is 598 g/mol. The molecule has 0 heterocycles. The maximum atomic E-state index is 13.1. The average Bonchev–Trinajstić information content (AvgIpc) is 2.98. The Morgan fingerprint density at radius 2 is 1.23 bits per heavy atom. The quantitative estimate of drug-likeness (QED) is 0.0599. The molecule has 10 N–H and O–H groups in total. The van der Waals surface area contributed by atoms with E-state index in [4.69, 9.17) is 11.5 Å². The van der Waals surface area contributed by atoms with E-state index in [2.05, 4.69) is 51.8 Å². The van der Waals surface area contributed by atoms with Crippen LogP contribution in [0.15, 0.2) is 30.3 Å². The van der Waals surface area contributed by atoms with Crippen LogP contribution in [0.4, 0.5) is 0 Å². The number of unbranched alkanes of at least 4 members (excludes halogenated alkanes) is 1. The number of carboxylic acid groups (broad SMARTS) is 1. The van der Waals surface area contributed by atoms with Gasteiger partial charge >= 0.3 is 5.97 Å². The first-order valence-electron chi connectivity index (χ1n) is 13.8. The molecule has 0 aromatic heterocycles. The van der Waals surface area contributed by atoms with Gasteiger partial charge in [0.15, 0.2) is 0 Å². The highest BCUT2D eigenvalue weighted by molar-refractivity contribution is 7.80. The van der Waals surface area contributed by atoms with Crippen LogP contribution < -0.4 is 38.1 Å². The summed E-state index contributed by atoms with van der Waals surface area (Å²) in [6.07, 6.45) is 1.25.